The number of halogens is 2. The second-order valence-corrected chi connectivity index (χ2v) is 4.27. The number of nitrogens with zero attached hydrogens (tertiary/aromatic N) is 1. The third-order valence-electron chi connectivity index (χ3n) is 2.60. The molecule has 1 aromatic rings. The first-order chi connectivity index (χ1) is 7.75. The molecule has 2 N–H and O–H groups in total. The topological polar surface area (TPSA) is 54.0 Å². The largest absolute Gasteiger partial charge is 0.349 e. The van der Waals surface area contributed by atoms with Crippen LogP contribution in [0.1, 0.15) is 18.5 Å². The van der Waals surface area contributed by atoms with Crippen LogP contribution in [-0.2, 0) is 11.3 Å². The van der Waals surface area contributed by atoms with Crippen LogP contribution >= 0.6 is 24.0 Å². The molecule has 0 radical (unpaired) electrons. The predicted molar refractivity (Wildman–Crippen MR) is 69.4 cm³/mol. The minimum Gasteiger partial charge on any atom is -0.349 e. The molecular formula is C11H15Cl2N3O. The average molecular weight is 276 g/mol. The van der Waals surface area contributed by atoms with Gasteiger partial charge < -0.3 is 10.6 Å². The molecule has 6 heteroatoms. The summed E-state index contributed by atoms with van der Waals surface area (Å²) in [5.41, 5.74) is 0.777. The van der Waals surface area contributed by atoms with Crippen LogP contribution in [0.15, 0.2) is 18.3 Å². The SMILES string of the molecule is Cl.O=C(NCc1cc(Cl)ccn1)C1CCCN1. The lowest BCUT2D eigenvalue weighted by Gasteiger charge is -2.10. The Bertz CT molecular complexity index is 381. The van der Waals surface area contributed by atoms with Crippen molar-refractivity contribution in [3.05, 3.63) is 29.0 Å². The Morgan fingerprint density at radius 3 is 3.12 bits per heavy atom. The fourth-order valence-corrected chi connectivity index (χ4v) is 1.94. The number of amides is 1. The first-order valence-electron chi connectivity index (χ1n) is 5.37. The maximum absolute atomic E-state index is 11.7. The van der Waals surface area contributed by atoms with Crippen molar-refractivity contribution >= 4 is 29.9 Å². The number of pyridine rings is 1. The molecule has 4 nitrogen and oxygen atoms in total. The Labute approximate surface area is 112 Å². The zero-order chi connectivity index (χ0) is 11.4. The fourth-order valence-electron chi connectivity index (χ4n) is 1.75. The number of carbonyl (C=O) groups is 1. The molecule has 0 saturated carbocycles. The molecule has 1 aliphatic rings. The predicted octanol–water partition coefficient (Wildman–Crippen LogP) is 1.52. The van der Waals surface area contributed by atoms with Gasteiger partial charge in [0.15, 0.2) is 0 Å². The number of nitrogens with one attached hydrogen (secondary N) is 2. The van der Waals surface area contributed by atoms with Gasteiger partial charge in [-0.1, -0.05) is 11.6 Å². The van der Waals surface area contributed by atoms with Gasteiger partial charge in [-0.2, -0.15) is 0 Å². The summed E-state index contributed by atoms with van der Waals surface area (Å²) in [4.78, 5) is 15.8. The maximum Gasteiger partial charge on any atom is 0.237 e. The van der Waals surface area contributed by atoms with Gasteiger partial charge >= 0.3 is 0 Å². The van der Waals surface area contributed by atoms with Gasteiger partial charge in [-0.05, 0) is 31.5 Å². The minimum absolute atomic E-state index is 0. The Morgan fingerprint density at radius 2 is 2.47 bits per heavy atom. The van der Waals surface area contributed by atoms with E-state index in [-0.39, 0.29) is 24.4 Å². The normalized spacial score (nSPS) is 18.5. The van der Waals surface area contributed by atoms with Crippen LogP contribution in [0.5, 0.6) is 0 Å². The summed E-state index contributed by atoms with van der Waals surface area (Å²) in [6, 6.07) is 3.43. The van der Waals surface area contributed by atoms with Gasteiger partial charge in [0.05, 0.1) is 18.3 Å². The van der Waals surface area contributed by atoms with E-state index in [1.54, 1.807) is 18.3 Å². The Hall–Kier alpha value is -0.840. The number of carbonyl (C=O) groups excluding carboxylic acids is 1. The third-order valence-corrected chi connectivity index (χ3v) is 2.83. The summed E-state index contributed by atoms with van der Waals surface area (Å²) < 4.78 is 0. The van der Waals surface area contributed by atoms with Crippen LogP contribution in [0.3, 0.4) is 0 Å². The van der Waals surface area contributed by atoms with Crippen molar-refractivity contribution in [1.29, 1.82) is 0 Å². The van der Waals surface area contributed by atoms with E-state index >= 15 is 0 Å². The van der Waals surface area contributed by atoms with E-state index in [1.807, 2.05) is 0 Å². The van der Waals surface area contributed by atoms with Crippen LogP contribution in [0.25, 0.3) is 0 Å². The molecule has 1 unspecified atom stereocenters. The van der Waals surface area contributed by atoms with Crippen LogP contribution < -0.4 is 10.6 Å². The van der Waals surface area contributed by atoms with Crippen LogP contribution in [0, 0.1) is 0 Å². The molecule has 0 bridgehead atoms. The molecule has 0 aliphatic carbocycles. The molecule has 1 fully saturated rings. The van der Waals surface area contributed by atoms with E-state index in [1.165, 1.54) is 0 Å². The second-order valence-electron chi connectivity index (χ2n) is 3.83. The molecule has 0 spiro atoms. The first-order valence-corrected chi connectivity index (χ1v) is 5.75. The molecule has 2 heterocycles. The van der Waals surface area contributed by atoms with Gasteiger partial charge in [0.1, 0.15) is 0 Å². The zero-order valence-corrected chi connectivity index (χ0v) is 10.9. The Kier molecular flexibility index (Phi) is 5.68. The standard InChI is InChI=1S/C11H14ClN3O.ClH/c12-8-3-5-13-9(6-8)7-15-11(16)10-2-1-4-14-10;/h3,5-6,10,14H,1-2,4,7H2,(H,15,16);1H. The Morgan fingerprint density at radius 1 is 1.65 bits per heavy atom. The molecule has 2 rings (SSSR count). The average Bonchev–Trinajstić information content (AvgIpc) is 2.79. The van der Waals surface area contributed by atoms with Crippen LogP contribution in [0.2, 0.25) is 5.02 Å². The molecule has 0 aromatic carbocycles. The lowest BCUT2D eigenvalue weighted by atomic mass is 10.2. The van der Waals surface area contributed by atoms with Gasteiger partial charge in [0.25, 0.3) is 0 Å². The van der Waals surface area contributed by atoms with E-state index in [4.69, 9.17) is 11.6 Å². The smallest absolute Gasteiger partial charge is 0.237 e. The Balaban J connectivity index is 0.00000144. The van der Waals surface area contributed by atoms with Crippen molar-refractivity contribution in [3.63, 3.8) is 0 Å². The summed E-state index contributed by atoms with van der Waals surface area (Å²) in [5, 5.41) is 6.63. The van der Waals surface area contributed by atoms with E-state index < -0.39 is 0 Å². The number of hydrogen-bond acceptors (Lipinski definition) is 3. The lowest BCUT2D eigenvalue weighted by molar-refractivity contribution is -0.122. The highest BCUT2D eigenvalue weighted by Gasteiger charge is 2.21. The van der Waals surface area contributed by atoms with Gasteiger partial charge in [-0.15, -0.1) is 12.4 Å². The van der Waals surface area contributed by atoms with Crippen molar-refractivity contribution in [2.24, 2.45) is 0 Å². The maximum atomic E-state index is 11.7. The quantitative estimate of drug-likeness (QED) is 0.880. The van der Waals surface area contributed by atoms with Gasteiger partial charge in [-0.3, -0.25) is 9.78 Å². The van der Waals surface area contributed by atoms with Gasteiger partial charge in [0.2, 0.25) is 5.91 Å². The highest BCUT2D eigenvalue weighted by atomic mass is 35.5. The number of hydrogen-bond donors (Lipinski definition) is 2. The molecule has 94 valence electrons. The third kappa shape index (κ3) is 4.15. The van der Waals surface area contributed by atoms with Crippen molar-refractivity contribution in [2.45, 2.75) is 25.4 Å². The molecule has 1 atom stereocenters. The molecule has 1 saturated heterocycles. The number of aromatic nitrogens is 1. The van der Waals surface area contributed by atoms with Crippen molar-refractivity contribution in [2.75, 3.05) is 6.54 Å². The van der Waals surface area contributed by atoms with E-state index in [9.17, 15) is 4.79 Å². The van der Waals surface area contributed by atoms with Crippen molar-refractivity contribution in [3.8, 4) is 0 Å². The fraction of sp³-hybridized carbons (Fsp3) is 0.455. The summed E-state index contributed by atoms with van der Waals surface area (Å²) in [6.45, 7) is 1.35. The molecular weight excluding hydrogens is 261 g/mol. The zero-order valence-electron chi connectivity index (χ0n) is 9.28. The van der Waals surface area contributed by atoms with Crippen molar-refractivity contribution in [1.82, 2.24) is 15.6 Å². The summed E-state index contributed by atoms with van der Waals surface area (Å²) in [6.07, 6.45) is 3.61. The number of rotatable bonds is 3. The van der Waals surface area contributed by atoms with Crippen LogP contribution in [-0.4, -0.2) is 23.5 Å². The summed E-state index contributed by atoms with van der Waals surface area (Å²) >= 11 is 5.82. The van der Waals surface area contributed by atoms with E-state index in [0.717, 1.165) is 25.1 Å². The molecule has 17 heavy (non-hydrogen) atoms. The highest BCUT2D eigenvalue weighted by Crippen LogP contribution is 2.08. The molecule has 1 aliphatic heterocycles. The minimum atomic E-state index is -0.0424. The lowest BCUT2D eigenvalue weighted by Crippen LogP contribution is -2.40. The first kappa shape index (κ1) is 14.2. The molecule has 1 aromatic heterocycles. The summed E-state index contributed by atoms with van der Waals surface area (Å²) in [5.74, 6) is 0.0410. The van der Waals surface area contributed by atoms with Gasteiger partial charge in [-0.25, -0.2) is 0 Å². The summed E-state index contributed by atoms with van der Waals surface area (Å²) in [7, 11) is 0. The van der Waals surface area contributed by atoms with Crippen molar-refractivity contribution < 1.29 is 4.79 Å². The monoisotopic (exact) mass is 275 g/mol. The van der Waals surface area contributed by atoms with E-state index in [0.29, 0.717) is 11.6 Å². The second kappa shape index (κ2) is 6.79. The molecule has 1 amide bonds. The van der Waals surface area contributed by atoms with Crippen LogP contribution in [0.4, 0.5) is 0 Å². The van der Waals surface area contributed by atoms with E-state index in [2.05, 4.69) is 15.6 Å². The van der Waals surface area contributed by atoms with Gasteiger partial charge in [0, 0.05) is 11.2 Å². The highest BCUT2D eigenvalue weighted by molar-refractivity contribution is 6.30.